The molecule has 0 aromatic carbocycles. The molecule has 0 aromatic heterocycles. The molecule has 4 rings (SSSR count). The van der Waals surface area contributed by atoms with Crippen LogP contribution in [0.5, 0.6) is 0 Å². The molecular formula is C22H28O4. The van der Waals surface area contributed by atoms with Crippen LogP contribution in [0.25, 0.3) is 0 Å². The van der Waals surface area contributed by atoms with E-state index in [0.717, 1.165) is 18.4 Å². The lowest BCUT2D eigenvalue weighted by atomic mass is 9.45. The summed E-state index contributed by atoms with van der Waals surface area (Å²) < 4.78 is 0. The second-order valence-corrected chi connectivity index (χ2v) is 9.52. The number of allylic oxidation sites excluding steroid dienone is 4. The Morgan fingerprint density at radius 2 is 1.96 bits per heavy atom. The number of hydrogen-bond acceptors (Lipinski definition) is 4. The van der Waals surface area contributed by atoms with E-state index in [0.29, 0.717) is 6.42 Å². The maximum atomic E-state index is 13.4. The molecule has 1 unspecified atom stereocenters. The van der Waals surface area contributed by atoms with Crippen molar-refractivity contribution in [3.8, 4) is 0 Å². The highest BCUT2D eigenvalue weighted by Gasteiger charge is 2.68. The quantitative estimate of drug-likeness (QED) is 0.784. The van der Waals surface area contributed by atoms with Gasteiger partial charge in [-0.15, -0.1) is 0 Å². The first kappa shape index (κ1) is 17.8. The average Bonchev–Trinajstić information content (AvgIpc) is 2.81. The Morgan fingerprint density at radius 1 is 1.27 bits per heavy atom. The highest BCUT2D eigenvalue weighted by Crippen LogP contribution is 2.66. The first-order valence-electron chi connectivity index (χ1n) is 9.76. The minimum absolute atomic E-state index is 0.00249. The molecule has 4 nitrogen and oxygen atoms in total. The SMILES string of the molecule is CC(=O)[C@@]1(O)CC[C@H]2[C@@H]3CC(C)C4=CC(=O)C=C[C@]4(C)[C@H]3C(=O)C[C@@]21C. The lowest BCUT2D eigenvalue weighted by Gasteiger charge is -2.58. The summed E-state index contributed by atoms with van der Waals surface area (Å²) in [5, 5.41) is 11.2. The fourth-order valence-corrected chi connectivity index (χ4v) is 7.04. The standard InChI is InChI=1S/C22H28O4/c1-12-9-15-16-6-8-22(26,13(2)23)21(16,4)11-18(25)19(15)20(3)7-5-14(24)10-17(12)20/h5,7,10,12,15-16,19,26H,6,8-9,11H2,1-4H3/t12?,15-,16-,19+,20-,21-,22-/m0/s1. The summed E-state index contributed by atoms with van der Waals surface area (Å²) in [6, 6.07) is 0. The Hall–Kier alpha value is -1.55. The van der Waals surface area contributed by atoms with Crippen molar-refractivity contribution in [1.82, 2.24) is 0 Å². The highest BCUT2D eigenvalue weighted by atomic mass is 16.3. The molecule has 0 spiro atoms. The van der Waals surface area contributed by atoms with Gasteiger partial charge >= 0.3 is 0 Å². The summed E-state index contributed by atoms with van der Waals surface area (Å²) in [6.07, 6.45) is 7.57. The number of aliphatic hydroxyl groups is 1. The molecule has 0 aliphatic heterocycles. The highest BCUT2D eigenvalue weighted by molar-refractivity contribution is 6.02. The van der Waals surface area contributed by atoms with Crippen LogP contribution in [-0.4, -0.2) is 28.1 Å². The summed E-state index contributed by atoms with van der Waals surface area (Å²) in [7, 11) is 0. The van der Waals surface area contributed by atoms with Gasteiger partial charge in [-0.3, -0.25) is 14.4 Å². The van der Waals surface area contributed by atoms with Gasteiger partial charge in [0.05, 0.1) is 0 Å². The van der Waals surface area contributed by atoms with Crippen molar-refractivity contribution in [2.75, 3.05) is 0 Å². The van der Waals surface area contributed by atoms with E-state index in [1.807, 2.05) is 13.0 Å². The minimum atomic E-state index is -1.39. The molecule has 140 valence electrons. The zero-order valence-corrected chi connectivity index (χ0v) is 16.0. The van der Waals surface area contributed by atoms with Crippen molar-refractivity contribution in [2.45, 2.75) is 59.0 Å². The number of ketones is 3. The van der Waals surface area contributed by atoms with E-state index < -0.39 is 16.4 Å². The number of carbonyl (C=O) groups is 3. The van der Waals surface area contributed by atoms with Crippen molar-refractivity contribution >= 4 is 17.3 Å². The van der Waals surface area contributed by atoms with Crippen molar-refractivity contribution in [3.63, 3.8) is 0 Å². The van der Waals surface area contributed by atoms with E-state index in [-0.39, 0.29) is 47.4 Å². The molecule has 3 saturated carbocycles. The second kappa shape index (κ2) is 5.25. The van der Waals surface area contributed by atoms with Gasteiger partial charge in [0.1, 0.15) is 11.4 Å². The molecule has 4 heteroatoms. The topological polar surface area (TPSA) is 71.4 Å². The van der Waals surface area contributed by atoms with Crippen LogP contribution in [0.15, 0.2) is 23.8 Å². The molecule has 0 aromatic rings. The molecule has 0 radical (unpaired) electrons. The molecule has 7 atom stereocenters. The monoisotopic (exact) mass is 356 g/mol. The molecule has 0 bridgehead atoms. The third kappa shape index (κ3) is 1.97. The molecule has 3 fully saturated rings. The molecule has 0 amide bonds. The van der Waals surface area contributed by atoms with Gasteiger partial charge in [0.25, 0.3) is 0 Å². The molecule has 4 aliphatic rings. The van der Waals surface area contributed by atoms with Crippen molar-refractivity contribution in [2.24, 2.45) is 34.5 Å². The van der Waals surface area contributed by atoms with Crippen LogP contribution in [0, 0.1) is 34.5 Å². The smallest absolute Gasteiger partial charge is 0.178 e. The van der Waals surface area contributed by atoms with Crippen LogP contribution in [0.1, 0.15) is 53.4 Å². The van der Waals surface area contributed by atoms with E-state index in [2.05, 4.69) is 13.8 Å². The van der Waals surface area contributed by atoms with Crippen molar-refractivity contribution < 1.29 is 19.5 Å². The van der Waals surface area contributed by atoms with Crippen LogP contribution in [0.3, 0.4) is 0 Å². The molecular weight excluding hydrogens is 328 g/mol. The zero-order valence-electron chi connectivity index (χ0n) is 16.0. The number of carbonyl (C=O) groups excluding carboxylic acids is 3. The first-order valence-corrected chi connectivity index (χ1v) is 9.76. The molecule has 1 N–H and O–H groups in total. The lowest BCUT2D eigenvalue weighted by molar-refractivity contribution is -0.166. The van der Waals surface area contributed by atoms with E-state index >= 15 is 0 Å². The maximum absolute atomic E-state index is 13.4. The summed E-state index contributed by atoms with van der Waals surface area (Å²) >= 11 is 0. The van der Waals surface area contributed by atoms with Gasteiger partial charge in [-0.05, 0) is 56.1 Å². The first-order chi connectivity index (χ1) is 12.0. The van der Waals surface area contributed by atoms with Crippen molar-refractivity contribution in [1.29, 1.82) is 0 Å². The van der Waals surface area contributed by atoms with Crippen LogP contribution < -0.4 is 0 Å². The van der Waals surface area contributed by atoms with Crippen LogP contribution in [-0.2, 0) is 14.4 Å². The van der Waals surface area contributed by atoms with Gasteiger partial charge in [-0.1, -0.05) is 32.4 Å². The normalized spacial score (nSPS) is 50.0. The van der Waals surface area contributed by atoms with Crippen LogP contribution in [0.2, 0.25) is 0 Å². The predicted octanol–water partition coefficient (Wildman–Crippen LogP) is 3.04. The van der Waals surface area contributed by atoms with Gasteiger partial charge in [-0.2, -0.15) is 0 Å². The number of Topliss-reactive ketones (excluding diaryl/α,β-unsaturated/α-hetero) is 2. The minimum Gasteiger partial charge on any atom is -0.381 e. The van der Waals surface area contributed by atoms with Gasteiger partial charge in [0.2, 0.25) is 0 Å². The van der Waals surface area contributed by atoms with E-state index in [1.165, 1.54) is 6.92 Å². The number of hydrogen-bond donors (Lipinski definition) is 1. The Bertz CT molecular complexity index is 777. The summed E-state index contributed by atoms with van der Waals surface area (Å²) in [5.41, 5.74) is -1.42. The summed E-state index contributed by atoms with van der Waals surface area (Å²) in [5.74, 6) is 0.276. The van der Waals surface area contributed by atoms with E-state index in [4.69, 9.17) is 0 Å². The number of fused-ring (bicyclic) bond motifs is 5. The third-order valence-corrected chi connectivity index (χ3v) is 8.31. The van der Waals surface area contributed by atoms with Gasteiger partial charge in [-0.25, -0.2) is 0 Å². The van der Waals surface area contributed by atoms with E-state index in [1.54, 1.807) is 12.2 Å². The number of rotatable bonds is 1. The largest absolute Gasteiger partial charge is 0.381 e. The van der Waals surface area contributed by atoms with Crippen molar-refractivity contribution in [3.05, 3.63) is 23.8 Å². The Kier molecular flexibility index (Phi) is 3.60. The molecule has 0 heterocycles. The Morgan fingerprint density at radius 3 is 2.62 bits per heavy atom. The predicted molar refractivity (Wildman–Crippen MR) is 97.2 cm³/mol. The molecule has 0 saturated heterocycles. The van der Waals surface area contributed by atoms with Gasteiger partial charge in [0.15, 0.2) is 11.6 Å². The zero-order chi connectivity index (χ0) is 19.1. The lowest BCUT2D eigenvalue weighted by Crippen LogP contribution is -2.60. The second-order valence-electron chi connectivity index (χ2n) is 9.52. The Labute approximate surface area is 154 Å². The van der Waals surface area contributed by atoms with E-state index in [9.17, 15) is 19.5 Å². The summed E-state index contributed by atoms with van der Waals surface area (Å²) in [4.78, 5) is 37.6. The maximum Gasteiger partial charge on any atom is 0.178 e. The average molecular weight is 356 g/mol. The Balaban J connectivity index is 1.81. The molecule has 26 heavy (non-hydrogen) atoms. The summed E-state index contributed by atoms with van der Waals surface area (Å²) in [6.45, 7) is 7.61. The van der Waals surface area contributed by atoms with Gasteiger partial charge < -0.3 is 5.11 Å². The van der Waals surface area contributed by atoms with Crippen LogP contribution >= 0.6 is 0 Å². The third-order valence-electron chi connectivity index (χ3n) is 8.31. The molecule has 4 aliphatic carbocycles. The van der Waals surface area contributed by atoms with Gasteiger partial charge in [0, 0.05) is 23.2 Å². The van der Waals surface area contributed by atoms with Crippen LogP contribution in [0.4, 0.5) is 0 Å². The fourth-order valence-electron chi connectivity index (χ4n) is 7.04. The fraction of sp³-hybridized carbons (Fsp3) is 0.682.